The van der Waals surface area contributed by atoms with Crippen LogP contribution >= 0.6 is 11.6 Å². The SMILES string of the molecule is Cc1ccccc1-c1c(N)noc1-c1ccccc1Cl. The molecule has 4 heteroatoms. The summed E-state index contributed by atoms with van der Waals surface area (Å²) in [6.45, 7) is 2.03. The molecule has 0 radical (unpaired) electrons. The molecule has 100 valence electrons. The molecule has 1 aromatic heterocycles. The van der Waals surface area contributed by atoms with Crippen LogP contribution in [0.1, 0.15) is 5.56 Å². The van der Waals surface area contributed by atoms with E-state index in [4.69, 9.17) is 21.9 Å². The van der Waals surface area contributed by atoms with Crippen LogP contribution in [0, 0.1) is 6.92 Å². The normalized spacial score (nSPS) is 10.7. The Labute approximate surface area is 122 Å². The fourth-order valence-corrected chi connectivity index (χ4v) is 2.47. The van der Waals surface area contributed by atoms with Crippen molar-refractivity contribution < 1.29 is 4.52 Å². The Bertz CT molecular complexity index is 765. The minimum absolute atomic E-state index is 0.370. The van der Waals surface area contributed by atoms with E-state index in [0.29, 0.717) is 16.6 Å². The predicted octanol–water partition coefficient (Wildman–Crippen LogP) is 4.55. The summed E-state index contributed by atoms with van der Waals surface area (Å²) >= 11 is 6.24. The van der Waals surface area contributed by atoms with E-state index >= 15 is 0 Å². The summed E-state index contributed by atoms with van der Waals surface area (Å²) in [6, 6.07) is 15.5. The zero-order valence-electron chi connectivity index (χ0n) is 10.9. The van der Waals surface area contributed by atoms with Gasteiger partial charge in [-0.15, -0.1) is 0 Å². The molecule has 3 rings (SSSR count). The monoisotopic (exact) mass is 284 g/mol. The number of hydrogen-bond acceptors (Lipinski definition) is 3. The van der Waals surface area contributed by atoms with Crippen molar-refractivity contribution in [3.8, 4) is 22.5 Å². The van der Waals surface area contributed by atoms with Gasteiger partial charge in [0, 0.05) is 5.56 Å². The minimum atomic E-state index is 0.370. The lowest BCUT2D eigenvalue weighted by Gasteiger charge is -2.07. The summed E-state index contributed by atoms with van der Waals surface area (Å²) in [4.78, 5) is 0. The number of hydrogen-bond donors (Lipinski definition) is 1. The summed E-state index contributed by atoms with van der Waals surface area (Å²) in [7, 11) is 0. The molecule has 0 aliphatic rings. The molecule has 2 aromatic carbocycles. The third-order valence-electron chi connectivity index (χ3n) is 3.25. The third kappa shape index (κ3) is 2.06. The molecule has 0 unspecified atom stereocenters. The molecule has 0 atom stereocenters. The Hall–Kier alpha value is -2.26. The maximum atomic E-state index is 6.24. The van der Waals surface area contributed by atoms with Crippen molar-refractivity contribution in [2.75, 3.05) is 5.73 Å². The van der Waals surface area contributed by atoms with Crippen LogP contribution in [-0.4, -0.2) is 5.16 Å². The quantitative estimate of drug-likeness (QED) is 0.751. The lowest BCUT2D eigenvalue weighted by atomic mass is 9.98. The first-order valence-electron chi connectivity index (χ1n) is 6.24. The van der Waals surface area contributed by atoms with Crippen molar-refractivity contribution in [2.24, 2.45) is 0 Å². The van der Waals surface area contributed by atoms with E-state index in [2.05, 4.69) is 5.16 Å². The molecule has 0 aliphatic carbocycles. The Kier molecular flexibility index (Phi) is 3.20. The summed E-state index contributed by atoms with van der Waals surface area (Å²) in [5.74, 6) is 0.969. The van der Waals surface area contributed by atoms with Crippen LogP contribution in [0.25, 0.3) is 22.5 Å². The first-order valence-corrected chi connectivity index (χ1v) is 6.62. The van der Waals surface area contributed by atoms with Gasteiger partial charge >= 0.3 is 0 Å². The second-order valence-corrected chi connectivity index (χ2v) is 4.97. The summed E-state index contributed by atoms with van der Waals surface area (Å²) in [6.07, 6.45) is 0. The van der Waals surface area contributed by atoms with Gasteiger partial charge in [0.15, 0.2) is 11.6 Å². The van der Waals surface area contributed by atoms with Gasteiger partial charge in [-0.2, -0.15) is 0 Å². The van der Waals surface area contributed by atoms with Crippen LogP contribution < -0.4 is 5.73 Å². The largest absolute Gasteiger partial charge is 0.380 e. The smallest absolute Gasteiger partial charge is 0.178 e. The number of nitrogen functional groups attached to an aromatic ring is 1. The minimum Gasteiger partial charge on any atom is -0.380 e. The van der Waals surface area contributed by atoms with Gasteiger partial charge in [0.2, 0.25) is 0 Å². The Morgan fingerprint density at radius 2 is 1.65 bits per heavy atom. The topological polar surface area (TPSA) is 52.0 Å². The van der Waals surface area contributed by atoms with Crippen LogP contribution in [0.2, 0.25) is 5.02 Å². The van der Waals surface area contributed by atoms with Crippen LogP contribution in [-0.2, 0) is 0 Å². The average molecular weight is 285 g/mol. The Balaban J connectivity index is 2.26. The molecule has 0 spiro atoms. The van der Waals surface area contributed by atoms with Gasteiger partial charge in [-0.05, 0) is 30.2 Å². The highest BCUT2D eigenvalue weighted by Gasteiger charge is 2.20. The first kappa shape index (κ1) is 12.8. The first-order chi connectivity index (χ1) is 9.68. The molecule has 0 fully saturated rings. The third-order valence-corrected chi connectivity index (χ3v) is 3.58. The Morgan fingerprint density at radius 3 is 2.35 bits per heavy atom. The van der Waals surface area contributed by atoms with Crippen molar-refractivity contribution >= 4 is 17.4 Å². The fourth-order valence-electron chi connectivity index (χ4n) is 2.25. The standard InChI is InChI=1S/C16H13ClN2O/c1-10-6-2-3-7-11(10)14-15(20-19-16(14)18)12-8-4-5-9-13(12)17/h2-9H,1H3,(H2,18,19). The molecule has 3 aromatic rings. The highest BCUT2D eigenvalue weighted by molar-refractivity contribution is 6.33. The number of nitrogens with two attached hydrogens (primary N) is 1. The number of anilines is 1. The number of halogens is 1. The zero-order chi connectivity index (χ0) is 14.1. The zero-order valence-corrected chi connectivity index (χ0v) is 11.7. The molecule has 0 saturated carbocycles. The van der Waals surface area contributed by atoms with E-state index in [-0.39, 0.29) is 0 Å². The van der Waals surface area contributed by atoms with E-state index in [9.17, 15) is 0 Å². The van der Waals surface area contributed by atoms with Gasteiger partial charge < -0.3 is 10.3 Å². The molecule has 1 heterocycles. The predicted molar refractivity (Wildman–Crippen MR) is 81.5 cm³/mol. The van der Waals surface area contributed by atoms with E-state index in [1.807, 2.05) is 55.5 Å². The fraction of sp³-hybridized carbons (Fsp3) is 0.0625. The second-order valence-electron chi connectivity index (χ2n) is 4.57. The van der Waals surface area contributed by atoms with Gasteiger partial charge in [-0.25, -0.2) is 0 Å². The van der Waals surface area contributed by atoms with Gasteiger partial charge in [0.05, 0.1) is 10.6 Å². The van der Waals surface area contributed by atoms with Crippen molar-refractivity contribution in [2.45, 2.75) is 6.92 Å². The summed E-state index contributed by atoms with van der Waals surface area (Å²) in [5, 5.41) is 4.51. The molecule has 2 N–H and O–H groups in total. The van der Waals surface area contributed by atoms with Gasteiger partial charge in [0.1, 0.15) is 0 Å². The molecule has 0 amide bonds. The van der Waals surface area contributed by atoms with Crippen molar-refractivity contribution in [1.29, 1.82) is 0 Å². The van der Waals surface area contributed by atoms with Gasteiger partial charge in [-0.3, -0.25) is 0 Å². The molecule has 3 nitrogen and oxygen atoms in total. The Morgan fingerprint density at radius 1 is 1.00 bits per heavy atom. The van der Waals surface area contributed by atoms with E-state index in [1.165, 1.54) is 0 Å². The number of aromatic nitrogens is 1. The number of benzene rings is 2. The number of aryl methyl sites for hydroxylation is 1. The molecule has 20 heavy (non-hydrogen) atoms. The van der Waals surface area contributed by atoms with E-state index in [0.717, 1.165) is 22.3 Å². The van der Waals surface area contributed by atoms with Crippen LogP contribution in [0.3, 0.4) is 0 Å². The highest BCUT2D eigenvalue weighted by atomic mass is 35.5. The highest BCUT2D eigenvalue weighted by Crippen LogP contribution is 2.40. The maximum Gasteiger partial charge on any atom is 0.178 e. The number of nitrogens with zero attached hydrogens (tertiary/aromatic N) is 1. The molecular weight excluding hydrogens is 272 g/mol. The molecular formula is C16H13ClN2O. The lowest BCUT2D eigenvalue weighted by Crippen LogP contribution is -1.91. The molecule has 0 aliphatic heterocycles. The number of rotatable bonds is 2. The average Bonchev–Trinajstić information content (AvgIpc) is 2.82. The second kappa shape index (κ2) is 5.02. The van der Waals surface area contributed by atoms with Crippen LogP contribution in [0.5, 0.6) is 0 Å². The summed E-state index contributed by atoms with van der Waals surface area (Å²) < 4.78 is 5.41. The maximum absolute atomic E-state index is 6.24. The van der Waals surface area contributed by atoms with E-state index < -0.39 is 0 Å². The van der Waals surface area contributed by atoms with Crippen molar-refractivity contribution in [3.05, 3.63) is 59.1 Å². The van der Waals surface area contributed by atoms with Gasteiger partial charge in [-0.1, -0.05) is 53.2 Å². The van der Waals surface area contributed by atoms with Crippen LogP contribution in [0.4, 0.5) is 5.82 Å². The lowest BCUT2D eigenvalue weighted by molar-refractivity contribution is 0.436. The van der Waals surface area contributed by atoms with E-state index in [1.54, 1.807) is 0 Å². The summed E-state index contributed by atoms with van der Waals surface area (Å²) in [5.41, 5.74) is 9.67. The van der Waals surface area contributed by atoms with Gasteiger partial charge in [0.25, 0.3) is 0 Å². The molecule has 0 bridgehead atoms. The van der Waals surface area contributed by atoms with Crippen LogP contribution in [0.15, 0.2) is 53.1 Å². The van der Waals surface area contributed by atoms with Crippen molar-refractivity contribution in [3.63, 3.8) is 0 Å². The van der Waals surface area contributed by atoms with Crippen molar-refractivity contribution in [1.82, 2.24) is 5.16 Å². The molecule has 0 saturated heterocycles.